The lowest BCUT2D eigenvalue weighted by Gasteiger charge is -2.08. The molecule has 0 aromatic rings. The Hall–Kier alpha value is -0.540. The van der Waals surface area contributed by atoms with Crippen LogP contribution in [0.1, 0.15) is 20.3 Å². The fourth-order valence-electron chi connectivity index (χ4n) is 0.566. The predicted octanol–water partition coefficient (Wildman–Crippen LogP) is 2.18. The first kappa shape index (κ1) is 14.0. The van der Waals surface area contributed by atoms with Gasteiger partial charge in [-0.15, -0.1) is 0 Å². The van der Waals surface area contributed by atoms with E-state index in [1.165, 1.54) is 0 Å². The molecule has 0 rings (SSSR count). The van der Waals surface area contributed by atoms with Gasteiger partial charge in [0.25, 0.3) is 0 Å². The molecule has 0 spiro atoms. The molecule has 0 fully saturated rings. The molecule has 0 aromatic heterocycles. The number of rotatable bonds is 4. The molecule has 0 aliphatic rings. The second-order valence-electron chi connectivity index (χ2n) is 2.01. The SMILES string of the molecule is C/C=C/OC.CCC(OC)OC. The molecule has 3 nitrogen and oxygen atoms in total. The molecule has 0 unspecified atom stereocenters. The van der Waals surface area contributed by atoms with Gasteiger partial charge in [-0.1, -0.05) is 13.0 Å². The van der Waals surface area contributed by atoms with Gasteiger partial charge < -0.3 is 14.2 Å². The summed E-state index contributed by atoms with van der Waals surface area (Å²) in [6.07, 6.45) is 4.35. The van der Waals surface area contributed by atoms with E-state index in [9.17, 15) is 0 Å². The fourth-order valence-corrected chi connectivity index (χ4v) is 0.566. The quantitative estimate of drug-likeness (QED) is 0.485. The highest BCUT2D eigenvalue weighted by atomic mass is 16.7. The topological polar surface area (TPSA) is 27.7 Å². The summed E-state index contributed by atoms with van der Waals surface area (Å²) >= 11 is 0. The zero-order valence-electron chi connectivity index (χ0n) is 8.66. The number of allylic oxidation sites excluding steroid dienone is 1. The molecule has 0 N–H and O–H groups in total. The normalized spacial score (nSPS) is 9.83. The highest BCUT2D eigenvalue weighted by molar-refractivity contribution is 4.63. The largest absolute Gasteiger partial charge is 0.505 e. The van der Waals surface area contributed by atoms with Gasteiger partial charge in [-0.25, -0.2) is 0 Å². The van der Waals surface area contributed by atoms with Gasteiger partial charge in [0.2, 0.25) is 0 Å². The summed E-state index contributed by atoms with van der Waals surface area (Å²) < 4.78 is 14.2. The molecule has 0 atom stereocenters. The monoisotopic (exact) mass is 176 g/mol. The van der Waals surface area contributed by atoms with Crippen molar-refractivity contribution < 1.29 is 14.2 Å². The van der Waals surface area contributed by atoms with Crippen molar-refractivity contribution in [2.75, 3.05) is 21.3 Å². The van der Waals surface area contributed by atoms with Crippen LogP contribution in [0.2, 0.25) is 0 Å². The molecular weight excluding hydrogens is 156 g/mol. The molecule has 0 amide bonds. The van der Waals surface area contributed by atoms with Crippen LogP contribution >= 0.6 is 0 Å². The Balaban J connectivity index is 0. The Labute approximate surface area is 75.3 Å². The van der Waals surface area contributed by atoms with Gasteiger partial charge >= 0.3 is 0 Å². The average Bonchev–Trinajstić information content (AvgIpc) is 2.10. The first-order valence-corrected chi connectivity index (χ1v) is 3.96. The highest BCUT2D eigenvalue weighted by Gasteiger charge is 1.96. The first-order chi connectivity index (χ1) is 5.76. The lowest BCUT2D eigenvalue weighted by atomic mass is 10.5. The summed E-state index contributed by atoms with van der Waals surface area (Å²) in [4.78, 5) is 0. The van der Waals surface area contributed by atoms with Gasteiger partial charge in [0.1, 0.15) is 0 Å². The van der Waals surface area contributed by atoms with Gasteiger partial charge in [0.15, 0.2) is 6.29 Å². The van der Waals surface area contributed by atoms with Crippen LogP contribution in [-0.4, -0.2) is 27.6 Å². The van der Waals surface area contributed by atoms with Crippen LogP contribution in [0.5, 0.6) is 0 Å². The summed E-state index contributed by atoms with van der Waals surface area (Å²) in [7, 11) is 4.90. The minimum Gasteiger partial charge on any atom is -0.505 e. The van der Waals surface area contributed by atoms with Gasteiger partial charge in [-0.3, -0.25) is 0 Å². The van der Waals surface area contributed by atoms with Gasteiger partial charge in [-0.2, -0.15) is 0 Å². The molecule has 0 heterocycles. The molecule has 3 heteroatoms. The van der Waals surface area contributed by atoms with E-state index in [4.69, 9.17) is 9.47 Å². The van der Waals surface area contributed by atoms with Crippen LogP contribution < -0.4 is 0 Å². The maximum absolute atomic E-state index is 4.83. The maximum Gasteiger partial charge on any atom is 0.156 e. The maximum atomic E-state index is 4.83. The van der Waals surface area contributed by atoms with E-state index in [0.29, 0.717) is 0 Å². The Morgan fingerprint density at radius 1 is 1.17 bits per heavy atom. The van der Waals surface area contributed by atoms with Crippen LogP contribution in [0.25, 0.3) is 0 Å². The molecule has 74 valence electrons. The van der Waals surface area contributed by atoms with E-state index < -0.39 is 0 Å². The minimum absolute atomic E-state index is 0.0139. The molecule has 0 saturated heterocycles. The van der Waals surface area contributed by atoms with E-state index in [2.05, 4.69) is 4.74 Å². The van der Waals surface area contributed by atoms with Crippen molar-refractivity contribution in [1.29, 1.82) is 0 Å². The van der Waals surface area contributed by atoms with E-state index in [1.54, 1.807) is 27.6 Å². The lowest BCUT2D eigenvalue weighted by molar-refractivity contribution is -0.103. The van der Waals surface area contributed by atoms with Gasteiger partial charge in [0, 0.05) is 14.2 Å². The summed E-state index contributed by atoms with van der Waals surface area (Å²) in [5.74, 6) is 0. The van der Waals surface area contributed by atoms with E-state index in [1.807, 2.05) is 19.9 Å². The zero-order chi connectivity index (χ0) is 9.82. The third-order valence-electron chi connectivity index (χ3n) is 1.13. The van der Waals surface area contributed by atoms with Crippen molar-refractivity contribution in [1.82, 2.24) is 0 Å². The van der Waals surface area contributed by atoms with Crippen molar-refractivity contribution in [3.63, 3.8) is 0 Å². The smallest absolute Gasteiger partial charge is 0.156 e. The third-order valence-corrected chi connectivity index (χ3v) is 1.13. The van der Waals surface area contributed by atoms with Crippen molar-refractivity contribution in [3.8, 4) is 0 Å². The van der Waals surface area contributed by atoms with Crippen molar-refractivity contribution in [2.24, 2.45) is 0 Å². The molecule has 0 aliphatic heterocycles. The van der Waals surface area contributed by atoms with E-state index in [-0.39, 0.29) is 6.29 Å². The highest BCUT2D eigenvalue weighted by Crippen LogP contribution is 1.93. The van der Waals surface area contributed by atoms with Gasteiger partial charge in [-0.05, 0) is 13.3 Å². The standard InChI is InChI=1S/C5H12O2.C4H8O/c1-4-5(6-2)7-3;1-3-4-5-2/h5H,4H2,1-3H3;3-4H,1-2H3/b;4-3+. The number of methoxy groups -OCH3 is 3. The molecule has 0 aliphatic carbocycles. The number of hydrogen-bond donors (Lipinski definition) is 0. The van der Waals surface area contributed by atoms with Crippen LogP contribution in [-0.2, 0) is 14.2 Å². The molecular formula is C9H20O3. The second kappa shape index (κ2) is 13.1. The Morgan fingerprint density at radius 2 is 1.67 bits per heavy atom. The Morgan fingerprint density at radius 3 is 1.67 bits per heavy atom. The molecule has 12 heavy (non-hydrogen) atoms. The zero-order valence-corrected chi connectivity index (χ0v) is 8.66. The third kappa shape index (κ3) is 12.2. The van der Waals surface area contributed by atoms with Crippen molar-refractivity contribution in [3.05, 3.63) is 12.3 Å². The molecule has 0 saturated carbocycles. The van der Waals surface area contributed by atoms with E-state index >= 15 is 0 Å². The van der Waals surface area contributed by atoms with Crippen molar-refractivity contribution in [2.45, 2.75) is 26.6 Å². The van der Waals surface area contributed by atoms with Crippen molar-refractivity contribution >= 4 is 0 Å². The van der Waals surface area contributed by atoms with Crippen LogP contribution in [0.15, 0.2) is 12.3 Å². The predicted molar refractivity (Wildman–Crippen MR) is 49.9 cm³/mol. The first-order valence-electron chi connectivity index (χ1n) is 3.96. The Kier molecular flexibility index (Phi) is 15.3. The Bertz CT molecular complexity index is 82.3. The van der Waals surface area contributed by atoms with Crippen LogP contribution in [0, 0.1) is 0 Å². The minimum atomic E-state index is -0.0139. The second-order valence-corrected chi connectivity index (χ2v) is 2.01. The summed E-state index contributed by atoms with van der Waals surface area (Å²) in [6.45, 7) is 3.92. The summed E-state index contributed by atoms with van der Waals surface area (Å²) in [5, 5.41) is 0. The summed E-state index contributed by atoms with van der Waals surface area (Å²) in [5.41, 5.74) is 0. The number of ether oxygens (including phenoxy) is 3. The average molecular weight is 176 g/mol. The lowest BCUT2D eigenvalue weighted by Crippen LogP contribution is -2.10. The van der Waals surface area contributed by atoms with E-state index in [0.717, 1.165) is 6.42 Å². The molecule has 0 aromatic carbocycles. The van der Waals surface area contributed by atoms with Gasteiger partial charge in [0.05, 0.1) is 13.4 Å². The van der Waals surface area contributed by atoms with Crippen LogP contribution in [0.4, 0.5) is 0 Å². The molecule has 0 radical (unpaired) electrons. The fraction of sp³-hybridized carbons (Fsp3) is 0.778. The van der Waals surface area contributed by atoms with Crippen LogP contribution in [0.3, 0.4) is 0 Å². The molecule has 0 bridgehead atoms. The number of hydrogen-bond acceptors (Lipinski definition) is 3. The summed E-state index contributed by atoms with van der Waals surface area (Å²) in [6, 6.07) is 0.